The molecule has 7 heteroatoms. The third-order valence-electron chi connectivity index (χ3n) is 4.18. The van der Waals surface area contributed by atoms with Gasteiger partial charge in [-0.15, -0.1) is 10.2 Å². The van der Waals surface area contributed by atoms with Crippen LogP contribution in [0.5, 0.6) is 5.88 Å². The van der Waals surface area contributed by atoms with E-state index in [0.717, 1.165) is 6.54 Å². The number of rotatable bonds is 6. The van der Waals surface area contributed by atoms with Crippen molar-refractivity contribution >= 4 is 11.7 Å². The lowest BCUT2D eigenvalue weighted by molar-refractivity contribution is -0.120. The van der Waals surface area contributed by atoms with E-state index in [2.05, 4.69) is 15.5 Å². The summed E-state index contributed by atoms with van der Waals surface area (Å²) in [6.07, 6.45) is 2.83. The zero-order valence-corrected chi connectivity index (χ0v) is 12.7. The number of nitrogens with zero attached hydrogens (tertiary/aromatic N) is 3. The van der Waals surface area contributed by atoms with E-state index in [9.17, 15) is 9.90 Å². The fourth-order valence-electron chi connectivity index (χ4n) is 2.47. The maximum Gasteiger partial charge on any atom is 0.242 e. The zero-order chi connectivity index (χ0) is 15.5. The van der Waals surface area contributed by atoms with Crippen LogP contribution in [0.3, 0.4) is 0 Å². The number of aliphatic hydroxyl groups is 1. The van der Waals surface area contributed by atoms with Crippen LogP contribution in [0, 0.1) is 5.92 Å². The highest BCUT2D eigenvalue weighted by atomic mass is 16.5. The van der Waals surface area contributed by atoms with Crippen LogP contribution in [0.2, 0.25) is 0 Å². The fourth-order valence-corrected chi connectivity index (χ4v) is 2.47. The minimum Gasteiger partial charge on any atom is -0.476 e. The van der Waals surface area contributed by atoms with E-state index in [1.54, 1.807) is 12.1 Å². The first kappa shape index (κ1) is 15.2. The first-order chi connectivity index (χ1) is 10.6. The van der Waals surface area contributed by atoms with Gasteiger partial charge in [-0.25, -0.2) is 0 Å². The molecule has 1 amide bonds. The number of aliphatic hydroxyl groups excluding tert-OH is 1. The van der Waals surface area contributed by atoms with Crippen molar-refractivity contribution in [2.24, 2.45) is 5.92 Å². The average Bonchev–Trinajstić information content (AvgIpc) is 3.25. The molecule has 2 fully saturated rings. The molecule has 2 aliphatic rings. The van der Waals surface area contributed by atoms with Crippen LogP contribution < -0.4 is 10.1 Å². The molecule has 7 nitrogen and oxygen atoms in total. The zero-order valence-electron chi connectivity index (χ0n) is 12.7. The van der Waals surface area contributed by atoms with Gasteiger partial charge in [0.1, 0.15) is 0 Å². The minimum atomic E-state index is -0.335. The van der Waals surface area contributed by atoms with Gasteiger partial charge in [0.25, 0.3) is 0 Å². The highest BCUT2D eigenvalue weighted by molar-refractivity contribution is 5.93. The number of β-amino-alcohol motifs (C(OH)–C–C–N with tert-alkyl or cyclic N) is 1. The Bertz CT molecular complexity index is 518. The lowest BCUT2D eigenvalue weighted by Crippen LogP contribution is -2.41. The van der Waals surface area contributed by atoms with Gasteiger partial charge in [0.15, 0.2) is 5.82 Å². The largest absolute Gasteiger partial charge is 0.476 e. The van der Waals surface area contributed by atoms with Crippen LogP contribution in [0.25, 0.3) is 0 Å². The normalized spacial score (nSPS) is 23.3. The Labute approximate surface area is 129 Å². The monoisotopic (exact) mass is 306 g/mol. The minimum absolute atomic E-state index is 0.143. The predicted octanol–water partition coefficient (Wildman–Crippen LogP) is 0.659. The maximum absolute atomic E-state index is 12.2. The summed E-state index contributed by atoms with van der Waals surface area (Å²) in [5.74, 6) is 1.42. The maximum atomic E-state index is 12.2. The van der Waals surface area contributed by atoms with E-state index < -0.39 is 0 Å². The Hall–Kier alpha value is -1.73. The molecule has 1 aliphatic carbocycles. The Kier molecular flexibility index (Phi) is 4.54. The number of carbonyl (C=O) groups excluding carboxylic acids is 1. The molecule has 2 unspecified atom stereocenters. The number of amides is 1. The molecule has 2 heterocycles. The van der Waals surface area contributed by atoms with Crippen LogP contribution in [0.1, 0.15) is 26.2 Å². The van der Waals surface area contributed by atoms with E-state index in [-0.39, 0.29) is 18.1 Å². The first-order valence-electron chi connectivity index (χ1n) is 7.81. The third kappa shape index (κ3) is 3.92. The van der Waals surface area contributed by atoms with Gasteiger partial charge in [-0.3, -0.25) is 9.69 Å². The van der Waals surface area contributed by atoms with Crippen LogP contribution in [-0.4, -0.2) is 58.0 Å². The van der Waals surface area contributed by atoms with E-state index in [1.165, 1.54) is 12.8 Å². The summed E-state index contributed by atoms with van der Waals surface area (Å²) in [5.41, 5.74) is 0. The molecular formula is C15H22N4O3. The second kappa shape index (κ2) is 6.58. The summed E-state index contributed by atoms with van der Waals surface area (Å²) in [5, 5.41) is 20.2. The number of carbonyl (C=O) groups is 1. The van der Waals surface area contributed by atoms with Crippen molar-refractivity contribution in [3.05, 3.63) is 12.1 Å². The van der Waals surface area contributed by atoms with E-state index in [0.29, 0.717) is 37.2 Å². The van der Waals surface area contributed by atoms with Crippen molar-refractivity contribution in [2.45, 2.75) is 38.3 Å². The standard InChI is InChI=1S/C15H22N4O3/c1-10(19-7-6-12(20)8-19)15(21)16-13-4-5-14(18-17-13)22-9-11-2-3-11/h4-5,10-12,20H,2-3,6-9H2,1H3,(H,16,17,21). The van der Waals surface area contributed by atoms with Gasteiger partial charge in [0.2, 0.25) is 11.8 Å². The molecule has 22 heavy (non-hydrogen) atoms. The van der Waals surface area contributed by atoms with Crippen molar-refractivity contribution in [3.63, 3.8) is 0 Å². The molecule has 2 N–H and O–H groups in total. The Morgan fingerprint density at radius 2 is 2.27 bits per heavy atom. The number of hydrogen-bond donors (Lipinski definition) is 2. The van der Waals surface area contributed by atoms with Crippen molar-refractivity contribution in [1.29, 1.82) is 0 Å². The van der Waals surface area contributed by atoms with Gasteiger partial charge in [-0.1, -0.05) is 0 Å². The number of hydrogen-bond acceptors (Lipinski definition) is 6. The molecule has 1 aromatic heterocycles. The van der Waals surface area contributed by atoms with E-state index in [4.69, 9.17) is 4.74 Å². The summed E-state index contributed by atoms with van der Waals surface area (Å²) >= 11 is 0. The average molecular weight is 306 g/mol. The molecule has 0 radical (unpaired) electrons. The van der Waals surface area contributed by atoms with Gasteiger partial charge in [0.05, 0.1) is 18.8 Å². The molecule has 120 valence electrons. The Morgan fingerprint density at radius 3 is 2.86 bits per heavy atom. The number of anilines is 1. The van der Waals surface area contributed by atoms with Crippen molar-refractivity contribution < 1.29 is 14.6 Å². The van der Waals surface area contributed by atoms with Gasteiger partial charge in [-0.05, 0) is 38.2 Å². The molecule has 0 bridgehead atoms. The highest BCUT2D eigenvalue weighted by Gasteiger charge is 2.28. The van der Waals surface area contributed by atoms with Crippen LogP contribution in [-0.2, 0) is 4.79 Å². The van der Waals surface area contributed by atoms with Gasteiger partial charge < -0.3 is 15.2 Å². The number of ether oxygens (including phenoxy) is 1. The summed E-state index contributed by atoms with van der Waals surface area (Å²) < 4.78 is 5.51. The summed E-state index contributed by atoms with van der Waals surface area (Å²) in [6.45, 7) is 3.78. The SMILES string of the molecule is CC(C(=O)Nc1ccc(OCC2CC2)nn1)N1CCC(O)C1. The molecule has 1 saturated carbocycles. The van der Waals surface area contributed by atoms with Gasteiger partial charge >= 0.3 is 0 Å². The topological polar surface area (TPSA) is 87.6 Å². The van der Waals surface area contributed by atoms with Crippen LogP contribution in [0.15, 0.2) is 12.1 Å². The highest BCUT2D eigenvalue weighted by Crippen LogP contribution is 2.29. The van der Waals surface area contributed by atoms with Crippen molar-refractivity contribution in [2.75, 3.05) is 25.0 Å². The molecule has 1 saturated heterocycles. The molecule has 1 aliphatic heterocycles. The van der Waals surface area contributed by atoms with Gasteiger partial charge in [0, 0.05) is 19.2 Å². The van der Waals surface area contributed by atoms with Crippen LogP contribution >= 0.6 is 0 Å². The summed E-state index contributed by atoms with van der Waals surface area (Å²) in [7, 11) is 0. The molecule has 2 atom stereocenters. The van der Waals surface area contributed by atoms with Gasteiger partial charge in [-0.2, -0.15) is 0 Å². The fraction of sp³-hybridized carbons (Fsp3) is 0.667. The Balaban J connectivity index is 1.49. The predicted molar refractivity (Wildman–Crippen MR) is 80.5 cm³/mol. The molecule has 1 aromatic rings. The second-order valence-corrected chi connectivity index (χ2v) is 6.11. The lowest BCUT2D eigenvalue weighted by atomic mass is 10.3. The van der Waals surface area contributed by atoms with Crippen molar-refractivity contribution in [3.8, 4) is 5.88 Å². The molecule has 3 rings (SSSR count). The number of aromatic nitrogens is 2. The van der Waals surface area contributed by atoms with E-state index >= 15 is 0 Å². The van der Waals surface area contributed by atoms with E-state index in [1.807, 2.05) is 11.8 Å². The quantitative estimate of drug-likeness (QED) is 0.803. The number of nitrogens with one attached hydrogen (secondary N) is 1. The van der Waals surface area contributed by atoms with Crippen LogP contribution in [0.4, 0.5) is 5.82 Å². The first-order valence-corrected chi connectivity index (χ1v) is 7.81. The second-order valence-electron chi connectivity index (χ2n) is 6.11. The molecule has 0 spiro atoms. The lowest BCUT2D eigenvalue weighted by Gasteiger charge is -2.22. The Morgan fingerprint density at radius 1 is 1.45 bits per heavy atom. The number of likely N-dealkylation sites (tertiary alicyclic amines) is 1. The molecular weight excluding hydrogens is 284 g/mol. The summed E-state index contributed by atoms with van der Waals surface area (Å²) in [4.78, 5) is 14.1. The summed E-state index contributed by atoms with van der Waals surface area (Å²) in [6, 6.07) is 3.11. The van der Waals surface area contributed by atoms with Crippen molar-refractivity contribution in [1.82, 2.24) is 15.1 Å². The smallest absolute Gasteiger partial charge is 0.242 e. The molecule has 0 aromatic carbocycles. The third-order valence-corrected chi connectivity index (χ3v) is 4.18.